The smallest absolute Gasteiger partial charge is 0.332 e. The van der Waals surface area contributed by atoms with Crippen molar-refractivity contribution in [2.45, 2.75) is 12.0 Å². The number of nitrogens with two attached hydrogens (primary N) is 2. The quantitative estimate of drug-likeness (QED) is 0.336. The lowest BCUT2D eigenvalue weighted by Gasteiger charge is -2.28. The van der Waals surface area contributed by atoms with Crippen LogP contribution in [0.2, 0.25) is 0 Å². The first-order chi connectivity index (χ1) is 8.32. The lowest BCUT2D eigenvalue weighted by molar-refractivity contribution is -0.430. The zero-order valence-electron chi connectivity index (χ0n) is 9.19. The Hall–Kier alpha value is -1.31. The van der Waals surface area contributed by atoms with Crippen LogP contribution < -0.4 is 11.5 Å². The van der Waals surface area contributed by atoms with Crippen molar-refractivity contribution in [3.8, 4) is 0 Å². The molecule has 0 spiro atoms. The molecule has 1 rings (SSSR count). The highest BCUT2D eigenvalue weighted by Gasteiger charge is 2.46. The van der Waals surface area contributed by atoms with E-state index >= 15 is 0 Å². The van der Waals surface area contributed by atoms with Crippen LogP contribution in [0.5, 0.6) is 0 Å². The molecule has 0 heterocycles. The van der Waals surface area contributed by atoms with Crippen molar-refractivity contribution in [2.24, 2.45) is 11.5 Å². The number of carbonyl (C=O) groups is 1. The summed E-state index contributed by atoms with van der Waals surface area (Å²) in [7, 11) is 0. The van der Waals surface area contributed by atoms with Gasteiger partial charge in [-0.3, -0.25) is 10.1 Å². The van der Waals surface area contributed by atoms with Crippen molar-refractivity contribution in [2.75, 3.05) is 12.5 Å². The minimum Gasteiger partial charge on any atom is -0.463 e. The Morgan fingerprint density at radius 1 is 1.67 bits per heavy atom. The average Bonchev–Trinajstić information content (AvgIpc) is 2.30. The van der Waals surface area contributed by atoms with E-state index in [1.54, 1.807) is 0 Å². The summed E-state index contributed by atoms with van der Waals surface area (Å²) < 4.78 is 4.76. The van der Waals surface area contributed by atoms with Gasteiger partial charge in [0, 0.05) is 0 Å². The first-order valence-electron chi connectivity index (χ1n) is 4.85. The van der Waals surface area contributed by atoms with Gasteiger partial charge in [0.1, 0.15) is 12.3 Å². The number of esters is 1. The molecule has 100 valence electrons. The molecule has 1 unspecified atom stereocenters. The fourth-order valence-electron chi connectivity index (χ4n) is 1.40. The molecule has 0 bridgehead atoms. The van der Waals surface area contributed by atoms with Crippen LogP contribution in [-0.2, 0) is 9.53 Å². The minimum atomic E-state index is -1.79. The van der Waals surface area contributed by atoms with Crippen molar-refractivity contribution in [3.63, 3.8) is 0 Å². The second-order valence-electron chi connectivity index (χ2n) is 3.62. The van der Waals surface area contributed by atoms with Crippen LogP contribution in [0.15, 0.2) is 22.5 Å². The molecule has 1 atom stereocenters. The predicted molar refractivity (Wildman–Crippen MR) is 65.4 cm³/mol. The van der Waals surface area contributed by atoms with Crippen molar-refractivity contribution in [1.29, 1.82) is 0 Å². The molecule has 1 aliphatic rings. The topological polar surface area (TPSA) is 121 Å². The summed E-state index contributed by atoms with van der Waals surface area (Å²) in [6.07, 6.45) is 0.660. The Kier molecular flexibility index (Phi) is 4.55. The molecule has 0 aromatic rings. The van der Waals surface area contributed by atoms with E-state index in [4.69, 9.17) is 39.4 Å². The highest BCUT2D eigenvalue weighted by molar-refractivity contribution is 6.33. The van der Waals surface area contributed by atoms with Crippen LogP contribution in [-0.4, -0.2) is 28.9 Å². The number of ether oxygens (including phenoxy) is 1. The summed E-state index contributed by atoms with van der Waals surface area (Å²) in [6.45, 7) is -0.0590. The fraction of sp³-hybridized carbons (Fsp3) is 0.444. The SMILES string of the molecule is NC1=C([N+](=O)[O-])CC(N)(C(=O)OCCCl)C(Cl)=C1. The Morgan fingerprint density at radius 3 is 2.78 bits per heavy atom. The van der Waals surface area contributed by atoms with Gasteiger partial charge in [-0.25, -0.2) is 4.79 Å². The Balaban J connectivity index is 3.03. The van der Waals surface area contributed by atoms with E-state index in [2.05, 4.69) is 0 Å². The van der Waals surface area contributed by atoms with Gasteiger partial charge in [0.2, 0.25) is 0 Å². The first-order valence-corrected chi connectivity index (χ1v) is 5.77. The first kappa shape index (κ1) is 14.7. The maximum Gasteiger partial charge on any atom is 0.332 e. The lowest BCUT2D eigenvalue weighted by atomic mass is 9.89. The van der Waals surface area contributed by atoms with Crippen LogP contribution in [0, 0.1) is 10.1 Å². The van der Waals surface area contributed by atoms with Crippen molar-refractivity contribution in [3.05, 3.63) is 32.6 Å². The molecular formula is C9H11Cl2N3O4. The number of carbonyl (C=O) groups excluding carboxylic acids is 1. The van der Waals surface area contributed by atoms with Crippen molar-refractivity contribution >= 4 is 29.2 Å². The number of halogens is 2. The van der Waals surface area contributed by atoms with Crippen molar-refractivity contribution < 1.29 is 14.5 Å². The van der Waals surface area contributed by atoms with Gasteiger partial charge in [-0.1, -0.05) is 11.6 Å². The van der Waals surface area contributed by atoms with Crippen LogP contribution in [0.3, 0.4) is 0 Å². The van der Waals surface area contributed by atoms with E-state index in [9.17, 15) is 14.9 Å². The summed E-state index contributed by atoms with van der Waals surface area (Å²) in [5.41, 5.74) is 8.91. The summed E-state index contributed by atoms with van der Waals surface area (Å²) in [6, 6.07) is 0. The molecule has 0 saturated carbocycles. The molecule has 18 heavy (non-hydrogen) atoms. The molecule has 4 N–H and O–H groups in total. The maximum absolute atomic E-state index is 11.7. The van der Waals surface area contributed by atoms with Crippen molar-refractivity contribution in [1.82, 2.24) is 0 Å². The molecule has 0 aromatic carbocycles. The predicted octanol–water partition coefficient (Wildman–Crippen LogP) is 0.439. The van der Waals surface area contributed by atoms with Gasteiger partial charge in [-0.15, -0.1) is 11.6 Å². The minimum absolute atomic E-state index is 0.0590. The molecule has 0 aliphatic heterocycles. The number of rotatable bonds is 4. The third kappa shape index (κ3) is 2.74. The average molecular weight is 296 g/mol. The Morgan fingerprint density at radius 2 is 2.28 bits per heavy atom. The molecule has 0 saturated heterocycles. The maximum atomic E-state index is 11.7. The number of hydrogen-bond acceptors (Lipinski definition) is 6. The van der Waals surface area contributed by atoms with Gasteiger partial charge in [0.05, 0.1) is 22.3 Å². The van der Waals surface area contributed by atoms with Gasteiger partial charge in [-0.2, -0.15) is 0 Å². The summed E-state index contributed by atoms with van der Waals surface area (Å²) in [5.74, 6) is -0.792. The highest BCUT2D eigenvalue weighted by Crippen LogP contribution is 2.33. The second kappa shape index (κ2) is 5.55. The third-order valence-corrected chi connectivity index (χ3v) is 2.98. The van der Waals surface area contributed by atoms with Gasteiger partial charge in [0.25, 0.3) is 5.70 Å². The van der Waals surface area contributed by atoms with Gasteiger partial charge < -0.3 is 16.2 Å². The number of hydrogen-bond donors (Lipinski definition) is 2. The summed E-state index contributed by atoms with van der Waals surface area (Å²) >= 11 is 11.2. The highest BCUT2D eigenvalue weighted by atomic mass is 35.5. The summed E-state index contributed by atoms with van der Waals surface area (Å²) in [5, 5.41) is 10.7. The number of nitro groups is 1. The van der Waals surface area contributed by atoms with Gasteiger partial charge >= 0.3 is 5.97 Å². The largest absolute Gasteiger partial charge is 0.463 e. The monoisotopic (exact) mass is 295 g/mol. The molecule has 0 aromatic heterocycles. The fourth-order valence-corrected chi connectivity index (χ4v) is 1.74. The third-order valence-electron chi connectivity index (χ3n) is 2.38. The lowest BCUT2D eigenvalue weighted by Crippen LogP contribution is -2.52. The molecule has 0 fully saturated rings. The zero-order chi connectivity index (χ0) is 13.9. The number of nitrogens with zero attached hydrogens (tertiary/aromatic N) is 1. The van der Waals surface area contributed by atoms with E-state index in [0.717, 1.165) is 6.08 Å². The zero-order valence-corrected chi connectivity index (χ0v) is 10.7. The molecular weight excluding hydrogens is 285 g/mol. The number of alkyl halides is 1. The molecule has 0 radical (unpaired) electrons. The van der Waals surface area contributed by atoms with Gasteiger partial charge in [0.15, 0.2) is 5.54 Å². The van der Waals surface area contributed by atoms with Crippen LogP contribution in [0.1, 0.15) is 6.42 Å². The Labute approximate surface area is 112 Å². The Bertz CT molecular complexity index is 449. The van der Waals surface area contributed by atoms with Crippen LogP contribution >= 0.6 is 23.2 Å². The number of allylic oxidation sites excluding steroid dienone is 1. The molecule has 7 nitrogen and oxygen atoms in total. The van der Waals surface area contributed by atoms with E-state index in [1.807, 2.05) is 0 Å². The molecule has 1 aliphatic carbocycles. The second-order valence-corrected chi connectivity index (χ2v) is 4.41. The standard InChI is InChI=1S/C9H11Cl2N3O4/c10-1-2-18-8(15)9(13)4-6(14(16)17)5(12)3-7(9)11/h3H,1-2,4,12-13H2. The van der Waals surface area contributed by atoms with Crippen LogP contribution in [0.4, 0.5) is 0 Å². The van der Waals surface area contributed by atoms with Gasteiger partial charge in [-0.05, 0) is 6.08 Å². The summed E-state index contributed by atoms with van der Waals surface area (Å²) in [4.78, 5) is 21.8. The molecule has 9 heteroatoms. The van der Waals surface area contributed by atoms with E-state index in [-0.39, 0.29) is 28.9 Å². The van der Waals surface area contributed by atoms with E-state index in [1.165, 1.54) is 0 Å². The van der Waals surface area contributed by atoms with E-state index in [0.29, 0.717) is 0 Å². The van der Waals surface area contributed by atoms with E-state index < -0.39 is 22.9 Å². The molecule has 0 amide bonds. The van der Waals surface area contributed by atoms with Crippen LogP contribution in [0.25, 0.3) is 0 Å². The normalized spacial score (nSPS) is 23.6.